The van der Waals surface area contributed by atoms with E-state index >= 15 is 0 Å². The molecule has 3 N–H and O–H groups in total. The highest BCUT2D eigenvalue weighted by Gasteiger charge is 2.34. The Kier molecular flexibility index (Phi) is 6.80. The van der Waals surface area contributed by atoms with Crippen molar-refractivity contribution in [2.75, 3.05) is 13.1 Å². The van der Waals surface area contributed by atoms with Crippen molar-refractivity contribution in [2.45, 2.75) is 71.1 Å². The van der Waals surface area contributed by atoms with Crippen LogP contribution in [0.1, 0.15) is 71.1 Å². The van der Waals surface area contributed by atoms with Gasteiger partial charge in [0.25, 0.3) is 0 Å². The fraction of sp³-hybridized carbons (Fsp3) is 0.938. The molecule has 0 bridgehead atoms. The fourth-order valence-corrected chi connectivity index (χ4v) is 3.88. The van der Waals surface area contributed by atoms with Gasteiger partial charge in [-0.15, -0.1) is 12.4 Å². The normalized spacial score (nSPS) is 23.9. The Morgan fingerprint density at radius 3 is 2.15 bits per heavy atom. The Bertz CT molecular complexity index is 308. The lowest BCUT2D eigenvalue weighted by molar-refractivity contribution is -0.124. The van der Waals surface area contributed by atoms with Crippen LogP contribution in [0, 0.1) is 10.8 Å². The van der Waals surface area contributed by atoms with E-state index in [4.69, 9.17) is 5.73 Å². The SMILES string of the molecule is CC1(CNC(=O)CC2(CN)CCCCC2)CCCC1.Cl. The Balaban J connectivity index is 0.00000200. The van der Waals surface area contributed by atoms with Gasteiger partial charge >= 0.3 is 0 Å². The molecule has 0 aliphatic heterocycles. The minimum absolute atomic E-state index is 0. The number of hydrogen-bond donors (Lipinski definition) is 2. The van der Waals surface area contributed by atoms with Crippen molar-refractivity contribution in [3.63, 3.8) is 0 Å². The first-order valence-electron chi connectivity index (χ1n) is 8.04. The lowest BCUT2D eigenvalue weighted by Gasteiger charge is -2.36. The molecule has 0 heterocycles. The number of hydrogen-bond acceptors (Lipinski definition) is 2. The minimum Gasteiger partial charge on any atom is -0.356 e. The molecule has 2 aliphatic rings. The predicted octanol–water partition coefficient (Wildman–Crippen LogP) is 3.40. The summed E-state index contributed by atoms with van der Waals surface area (Å²) in [7, 11) is 0. The third kappa shape index (κ3) is 4.63. The van der Waals surface area contributed by atoms with Crippen LogP contribution in [0.3, 0.4) is 0 Å². The molecule has 0 spiro atoms. The van der Waals surface area contributed by atoms with Crippen molar-refractivity contribution in [2.24, 2.45) is 16.6 Å². The minimum atomic E-state index is 0. The van der Waals surface area contributed by atoms with E-state index in [1.165, 1.54) is 44.9 Å². The highest BCUT2D eigenvalue weighted by atomic mass is 35.5. The maximum atomic E-state index is 12.2. The Hall–Kier alpha value is -0.280. The second-order valence-electron chi connectivity index (χ2n) is 7.24. The first-order chi connectivity index (χ1) is 9.08. The lowest BCUT2D eigenvalue weighted by Crippen LogP contribution is -2.41. The second-order valence-corrected chi connectivity index (χ2v) is 7.24. The van der Waals surface area contributed by atoms with E-state index in [9.17, 15) is 4.79 Å². The number of nitrogens with two attached hydrogens (primary N) is 1. The van der Waals surface area contributed by atoms with E-state index in [1.54, 1.807) is 0 Å². The van der Waals surface area contributed by atoms with Crippen LogP contribution in [0.25, 0.3) is 0 Å². The van der Waals surface area contributed by atoms with E-state index in [-0.39, 0.29) is 23.7 Å². The zero-order valence-electron chi connectivity index (χ0n) is 12.9. The van der Waals surface area contributed by atoms with Crippen LogP contribution < -0.4 is 11.1 Å². The molecule has 2 saturated carbocycles. The topological polar surface area (TPSA) is 55.1 Å². The number of rotatable bonds is 5. The molecule has 2 rings (SSSR count). The molecular weight excluding hydrogens is 272 g/mol. The fourth-order valence-electron chi connectivity index (χ4n) is 3.88. The zero-order valence-corrected chi connectivity index (χ0v) is 13.7. The molecule has 0 aromatic heterocycles. The van der Waals surface area contributed by atoms with Gasteiger partial charge in [-0.2, -0.15) is 0 Å². The Morgan fingerprint density at radius 2 is 1.60 bits per heavy atom. The standard InChI is InChI=1S/C16H30N2O.ClH/c1-15(7-5-6-8-15)13-18-14(19)11-16(12-17)9-3-2-4-10-16;/h2-13,17H2,1H3,(H,18,19);1H. The highest BCUT2D eigenvalue weighted by molar-refractivity contribution is 5.85. The first-order valence-corrected chi connectivity index (χ1v) is 8.04. The van der Waals surface area contributed by atoms with Gasteiger partial charge in [0.15, 0.2) is 0 Å². The van der Waals surface area contributed by atoms with E-state index in [0.29, 0.717) is 18.4 Å². The summed E-state index contributed by atoms with van der Waals surface area (Å²) in [6.07, 6.45) is 11.8. The molecule has 20 heavy (non-hydrogen) atoms. The van der Waals surface area contributed by atoms with Gasteiger partial charge in [0, 0.05) is 13.0 Å². The lowest BCUT2D eigenvalue weighted by atomic mass is 9.71. The molecule has 1 amide bonds. The quantitative estimate of drug-likeness (QED) is 0.818. The molecule has 0 atom stereocenters. The largest absolute Gasteiger partial charge is 0.356 e. The summed E-state index contributed by atoms with van der Waals surface area (Å²) in [5.41, 5.74) is 6.39. The molecule has 4 heteroatoms. The Labute approximate surface area is 129 Å². The maximum absolute atomic E-state index is 12.2. The molecular formula is C16H31ClN2O. The van der Waals surface area contributed by atoms with Crippen LogP contribution >= 0.6 is 12.4 Å². The van der Waals surface area contributed by atoms with Crippen molar-refractivity contribution in [3.8, 4) is 0 Å². The molecule has 2 aliphatic carbocycles. The van der Waals surface area contributed by atoms with Gasteiger partial charge in [0.1, 0.15) is 0 Å². The average molecular weight is 303 g/mol. The van der Waals surface area contributed by atoms with Gasteiger partial charge in [-0.1, -0.05) is 39.0 Å². The third-order valence-corrected chi connectivity index (χ3v) is 5.41. The number of carbonyl (C=O) groups is 1. The van der Waals surface area contributed by atoms with Crippen LogP contribution in [-0.4, -0.2) is 19.0 Å². The number of amides is 1. The average Bonchev–Trinajstić information content (AvgIpc) is 2.85. The van der Waals surface area contributed by atoms with Crippen molar-refractivity contribution >= 4 is 18.3 Å². The van der Waals surface area contributed by atoms with Gasteiger partial charge in [-0.05, 0) is 43.1 Å². The predicted molar refractivity (Wildman–Crippen MR) is 86.0 cm³/mol. The van der Waals surface area contributed by atoms with Crippen molar-refractivity contribution in [1.82, 2.24) is 5.32 Å². The second kappa shape index (κ2) is 7.65. The van der Waals surface area contributed by atoms with Crippen LogP contribution in [0.15, 0.2) is 0 Å². The van der Waals surface area contributed by atoms with E-state index < -0.39 is 0 Å². The summed E-state index contributed by atoms with van der Waals surface area (Å²) in [5, 5.41) is 3.18. The van der Waals surface area contributed by atoms with E-state index in [2.05, 4.69) is 12.2 Å². The zero-order chi connectivity index (χ0) is 13.8. The van der Waals surface area contributed by atoms with Gasteiger partial charge in [-0.3, -0.25) is 4.79 Å². The van der Waals surface area contributed by atoms with Gasteiger partial charge in [0.2, 0.25) is 5.91 Å². The third-order valence-electron chi connectivity index (χ3n) is 5.41. The monoisotopic (exact) mass is 302 g/mol. The molecule has 0 unspecified atom stereocenters. The van der Waals surface area contributed by atoms with Gasteiger partial charge in [0.05, 0.1) is 0 Å². The summed E-state index contributed by atoms with van der Waals surface area (Å²) >= 11 is 0. The van der Waals surface area contributed by atoms with Crippen LogP contribution in [0.2, 0.25) is 0 Å². The highest BCUT2D eigenvalue weighted by Crippen LogP contribution is 2.39. The van der Waals surface area contributed by atoms with Crippen LogP contribution in [-0.2, 0) is 4.79 Å². The molecule has 0 aromatic carbocycles. The van der Waals surface area contributed by atoms with Crippen molar-refractivity contribution < 1.29 is 4.79 Å². The summed E-state index contributed by atoms with van der Waals surface area (Å²) < 4.78 is 0. The Morgan fingerprint density at radius 1 is 1.05 bits per heavy atom. The first kappa shape index (κ1) is 17.8. The summed E-state index contributed by atoms with van der Waals surface area (Å²) in [6.45, 7) is 3.82. The van der Waals surface area contributed by atoms with Gasteiger partial charge in [-0.25, -0.2) is 0 Å². The van der Waals surface area contributed by atoms with Crippen molar-refractivity contribution in [1.29, 1.82) is 0 Å². The molecule has 0 aromatic rings. The molecule has 0 saturated heterocycles. The van der Waals surface area contributed by atoms with Crippen molar-refractivity contribution in [3.05, 3.63) is 0 Å². The summed E-state index contributed by atoms with van der Waals surface area (Å²) in [6, 6.07) is 0. The molecule has 3 nitrogen and oxygen atoms in total. The molecule has 0 radical (unpaired) electrons. The van der Waals surface area contributed by atoms with Crippen LogP contribution in [0.4, 0.5) is 0 Å². The maximum Gasteiger partial charge on any atom is 0.220 e. The summed E-state index contributed by atoms with van der Waals surface area (Å²) in [5.74, 6) is 0.223. The van der Waals surface area contributed by atoms with E-state index in [0.717, 1.165) is 19.4 Å². The van der Waals surface area contributed by atoms with E-state index in [1.807, 2.05) is 0 Å². The van der Waals surface area contributed by atoms with Crippen LogP contribution in [0.5, 0.6) is 0 Å². The molecule has 2 fully saturated rings. The smallest absolute Gasteiger partial charge is 0.220 e. The molecule has 118 valence electrons. The van der Waals surface area contributed by atoms with Gasteiger partial charge < -0.3 is 11.1 Å². The number of nitrogens with one attached hydrogen (secondary N) is 1. The number of halogens is 1. The number of carbonyl (C=O) groups excluding carboxylic acids is 1. The summed E-state index contributed by atoms with van der Waals surface area (Å²) in [4.78, 5) is 12.2.